The van der Waals surface area contributed by atoms with Gasteiger partial charge in [0.25, 0.3) is 11.8 Å². The first-order valence-corrected chi connectivity index (χ1v) is 12.4. The molecule has 0 spiro atoms. The fourth-order valence-corrected chi connectivity index (χ4v) is 4.73. The quantitative estimate of drug-likeness (QED) is 0.249. The molecule has 4 aromatic carbocycles. The highest BCUT2D eigenvalue weighted by Gasteiger charge is 2.40. The fourth-order valence-electron chi connectivity index (χ4n) is 3.52. The second-order valence-corrected chi connectivity index (χ2v) is 9.61. The number of amides is 2. The number of para-hydroxylation sites is 1. The Morgan fingerprint density at radius 3 is 1.94 bits per heavy atom. The number of hydrogen-bond acceptors (Lipinski definition) is 5. The lowest BCUT2D eigenvalue weighted by atomic mass is 10.2. The van der Waals surface area contributed by atoms with Crippen LogP contribution in [0.5, 0.6) is 11.5 Å². The Labute approximate surface area is 215 Å². The van der Waals surface area contributed by atoms with Crippen molar-refractivity contribution in [3.63, 3.8) is 0 Å². The van der Waals surface area contributed by atoms with Gasteiger partial charge in [-0.3, -0.25) is 9.59 Å². The summed E-state index contributed by atoms with van der Waals surface area (Å²) in [5.41, 5.74) is 1.43. The molecule has 1 aliphatic heterocycles. The minimum atomic E-state index is -0.409. The van der Waals surface area contributed by atoms with Crippen LogP contribution in [0.3, 0.4) is 0 Å². The van der Waals surface area contributed by atoms with Gasteiger partial charge in [0.1, 0.15) is 22.1 Å². The standard InChI is InChI=1S/C28H19BrN2O3S/c29-19-11-13-20(14-12-19)30-25-26(35-24-9-5-2-6-10-24)28(33)31(27(25)32)21-15-17-23(18-16-21)34-22-7-3-1-4-8-22/h1-18,30H. The Kier molecular flexibility index (Phi) is 6.70. The first kappa shape index (κ1) is 23.0. The Morgan fingerprint density at radius 2 is 1.29 bits per heavy atom. The van der Waals surface area contributed by atoms with Crippen LogP contribution in [-0.2, 0) is 9.59 Å². The van der Waals surface area contributed by atoms with Crippen LogP contribution in [0.15, 0.2) is 129 Å². The molecule has 7 heteroatoms. The van der Waals surface area contributed by atoms with Crippen LogP contribution in [0.4, 0.5) is 11.4 Å². The second-order valence-electron chi connectivity index (χ2n) is 7.61. The minimum absolute atomic E-state index is 0.246. The summed E-state index contributed by atoms with van der Waals surface area (Å²) in [7, 11) is 0. The van der Waals surface area contributed by atoms with Crippen molar-refractivity contribution in [3.05, 3.63) is 124 Å². The average Bonchev–Trinajstić information content (AvgIpc) is 3.11. The van der Waals surface area contributed by atoms with Crippen molar-refractivity contribution in [1.82, 2.24) is 0 Å². The smallest absolute Gasteiger partial charge is 0.283 e. The van der Waals surface area contributed by atoms with E-state index in [1.165, 1.54) is 16.7 Å². The lowest BCUT2D eigenvalue weighted by molar-refractivity contribution is -0.120. The van der Waals surface area contributed by atoms with Crippen LogP contribution >= 0.6 is 27.7 Å². The molecule has 1 aliphatic rings. The van der Waals surface area contributed by atoms with Crippen molar-refractivity contribution < 1.29 is 14.3 Å². The van der Waals surface area contributed by atoms with Gasteiger partial charge in [-0.25, -0.2) is 4.90 Å². The zero-order valence-electron chi connectivity index (χ0n) is 18.4. The normalized spacial score (nSPS) is 13.3. The Morgan fingerprint density at radius 1 is 0.686 bits per heavy atom. The summed E-state index contributed by atoms with van der Waals surface area (Å²) in [6.45, 7) is 0. The highest BCUT2D eigenvalue weighted by molar-refractivity contribution is 9.10. The topological polar surface area (TPSA) is 58.6 Å². The molecule has 172 valence electrons. The molecule has 0 unspecified atom stereocenters. The molecule has 0 saturated carbocycles. The third-order valence-electron chi connectivity index (χ3n) is 5.19. The van der Waals surface area contributed by atoms with Gasteiger partial charge in [0.2, 0.25) is 0 Å². The zero-order valence-corrected chi connectivity index (χ0v) is 20.8. The zero-order chi connectivity index (χ0) is 24.2. The number of thioether (sulfide) groups is 1. The van der Waals surface area contributed by atoms with Crippen molar-refractivity contribution in [2.75, 3.05) is 10.2 Å². The van der Waals surface area contributed by atoms with Crippen LogP contribution in [0.25, 0.3) is 0 Å². The first-order valence-electron chi connectivity index (χ1n) is 10.8. The number of ether oxygens (including phenoxy) is 1. The van der Waals surface area contributed by atoms with E-state index in [-0.39, 0.29) is 11.6 Å². The predicted molar refractivity (Wildman–Crippen MR) is 143 cm³/mol. The Bertz CT molecular complexity index is 1390. The maximum atomic E-state index is 13.5. The van der Waals surface area contributed by atoms with Gasteiger partial charge in [0.15, 0.2) is 0 Å². The summed E-state index contributed by atoms with van der Waals surface area (Å²) in [6, 6.07) is 33.3. The van der Waals surface area contributed by atoms with E-state index in [0.29, 0.717) is 27.8 Å². The maximum Gasteiger partial charge on any atom is 0.283 e. The largest absolute Gasteiger partial charge is 0.457 e. The summed E-state index contributed by atoms with van der Waals surface area (Å²) in [5.74, 6) is 0.533. The summed E-state index contributed by atoms with van der Waals surface area (Å²) < 4.78 is 6.76. The number of benzene rings is 4. The molecule has 0 aromatic heterocycles. The molecule has 5 nitrogen and oxygen atoms in total. The molecular weight excluding hydrogens is 524 g/mol. The lowest BCUT2D eigenvalue weighted by Crippen LogP contribution is -2.32. The van der Waals surface area contributed by atoms with Crippen molar-refractivity contribution in [2.24, 2.45) is 0 Å². The summed E-state index contributed by atoms with van der Waals surface area (Å²) in [6.07, 6.45) is 0. The number of imide groups is 1. The molecule has 0 bridgehead atoms. The van der Waals surface area contributed by atoms with Gasteiger partial charge in [-0.15, -0.1) is 0 Å². The van der Waals surface area contributed by atoms with E-state index < -0.39 is 5.91 Å². The highest BCUT2D eigenvalue weighted by atomic mass is 79.9. The number of carbonyl (C=O) groups excluding carboxylic acids is 2. The molecule has 0 fully saturated rings. The van der Waals surface area contributed by atoms with E-state index in [1.54, 1.807) is 24.3 Å². The van der Waals surface area contributed by atoms with Crippen LogP contribution in [0.2, 0.25) is 0 Å². The van der Waals surface area contributed by atoms with Crippen molar-refractivity contribution in [2.45, 2.75) is 4.90 Å². The van der Waals surface area contributed by atoms with Crippen LogP contribution in [0.1, 0.15) is 0 Å². The van der Waals surface area contributed by atoms with Gasteiger partial charge in [-0.2, -0.15) is 0 Å². The predicted octanol–water partition coefficient (Wildman–Crippen LogP) is 7.23. The molecule has 0 saturated heterocycles. The molecule has 1 heterocycles. The number of anilines is 2. The fraction of sp³-hybridized carbons (Fsp3) is 0. The first-order chi connectivity index (χ1) is 17.1. The van der Waals surface area contributed by atoms with E-state index in [1.807, 2.05) is 84.9 Å². The molecule has 5 rings (SSSR count). The van der Waals surface area contributed by atoms with Gasteiger partial charge in [-0.05, 0) is 72.8 Å². The lowest BCUT2D eigenvalue weighted by Gasteiger charge is -2.16. The van der Waals surface area contributed by atoms with Gasteiger partial charge in [0.05, 0.1) is 5.69 Å². The SMILES string of the molecule is O=C1C(Nc2ccc(Br)cc2)=C(Sc2ccccc2)C(=O)N1c1ccc(Oc2ccccc2)cc1. The molecule has 0 radical (unpaired) electrons. The molecule has 0 atom stereocenters. The second kappa shape index (κ2) is 10.2. The Hall–Kier alpha value is -3.81. The number of hydrogen-bond donors (Lipinski definition) is 1. The van der Waals surface area contributed by atoms with E-state index in [4.69, 9.17) is 4.74 Å². The van der Waals surface area contributed by atoms with E-state index in [2.05, 4.69) is 21.2 Å². The molecule has 35 heavy (non-hydrogen) atoms. The summed E-state index contributed by atoms with van der Waals surface area (Å²) in [4.78, 5) is 29.4. The third-order valence-corrected chi connectivity index (χ3v) is 6.81. The highest BCUT2D eigenvalue weighted by Crippen LogP contribution is 2.38. The number of rotatable bonds is 7. The van der Waals surface area contributed by atoms with Crippen molar-refractivity contribution in [3.8, 4) is 11.5 Å². The number of carbonyl (C=O) groups is 2. The van der Waals surface area contributed by atoms with E-state index in [0.717, 1.165) is 9.37 Å². The molecule has 2 amide bonds. The third kappa shape index (κ3) is 5.16. The minimum Gasteiger partial charge on any atom is -0.457 e. The van der Waals surface area contributed by atoms with E-state index >= 15 is 0 Å². The molecule has 1 N–H and O–H groups in total. The van der Waals surface area contributed by atoms with Gasteiger partial charge in [0, 0.05) is 15.1 Å². The van der Waals surface area contributed by atoms with Crippen molar-refractivity contribution in [1.29, 1.82) is 0 Å². The molecule has 4 aromatic rings. The monoisotopic (exact) mass is 542 g/mol. The van der Waals surface area contributed by atoms with Crippen molar-refractivity contribution >= 4 is 50.9 Å². The average molecular weight is 543 g/mol. The van der Waals surface area contributed by atoms with Crippen LogP contribution in [-0.4, -0.2) is 11.8 Å². The van der Waals surface area contributed by atoms with Crippen LogP contribution in [0, 0.1) is 0 Å². The van der Waals surface area contributed by atoms with Gasteiger partial charge in [-0.1, -0.05) is 64.1 Å². The van der Waals surface area contributed by atoms with Gasteiger partial charge < -0.3 is 10.1 Å². The molecule has 0 aliphatic carbocycles. The van der Waals surface area contributed by atoms with E-state index in [9.17, 15) is 9.59 Å². The van der Waals surface area contributed by atoms with Crippen LogP contribution < -0.4 is 15.0 Å². The summed E-state index contributed by atoms with van der Waals surface area (Å²) >= 11 is 4.69. The number of nitrogens with one attached hydrogen (secondary N) is 1. The summed E-state index contributed by atoms with van der Waals surface area (Å²) in [5, 5.41) is 3.16. The molecular formula is C28H19BrN2O3S. The Balaban J connectivity index is 1.44. The number of halogens is 1. The number of nitrogens with zero attached hydrogens (tertiary/aromatic N) is 1. The maximum absolute atomic E-state index is 13.5. The van der Waals surface area contributed by atoms with Gasteiger partial charge >= 0.3 is 0 Å².